The van der Waals surface area contributed by atoms with Crippen molar-refractivity contribution in [2.45, 2.75) is 58.4 Å². The van der Waals surface area contributed by atoms with Crippen LogP contribution in [-0.4, -0.2) is 24.0 Å². The first-order valence-electron chi connectivity index (χ1n) is 6.35. The van der Waals surface area contributed by atoms with Crippen LogP contribution in [0.2, 0.25) is 0 Å². The van der Waals surface area contributed by atoms with E-state index in [-0.39, 0.29) is 0 Å². The van der Waals surface area contributed by atoms with Crippen LogP contribution in [0.3, 0.4) is 0 Å². The van der Waals surface area contributed by atoms with E-state index in [1.807, 2.05) is 0 Å². The smallest absolute Gasteiger partial charge is 0.0635 e. The minimum Gasteiger partial charge on any atom is -0.300 e. The highest BCUT2D eigenvalue weighted by Gasteiger charge is 2.18. The van der Waals surface area contributed by atoms with Crippen LogP contribution in [0.25, 0.3) is 0 Å². The molecule has 1 aliphatic rings. The lowest BCUT2D eigenvalue weighted by Gasteiger charge is -2.31. The van der Waals surface area contributed by atoms with Gasteiger partial charge in [0.1, 0.15) is 0 Å². The van der Waals surface area contributed by atoms with Crippen molar-refractivity contribution in [2.75, 3.05) is 13.1 Å². The highest BCUT2D eigenvalue weighted by atomic mass is 15.1. The maximum absolute atomic E-state index is 8.63. The fraction of sp³-hybridized carbons (Fsp3) is 0.923. The monoisotopic (exact) mass is 208 g/mol. The molecule has 0 aromatic rings. The Labute approximate surface area is 94.3 Å². The molecule has 0 aromatic heterocycles. The van der Waals surface area contributed by atoms with Crippen molar-refractivity contribution in [3.05, 3.63) is 0 Å². The van der Waals surface area contributed by atoms with Crippen LogP contribution in [0.1, 0.15) is 52.4 Å². The number of nitriles is 1. The number of rotatable bonds is 5. The van der Waals surface area contributed by atoms with Crippen LogP contribution >= 0.6 is 0 Å². The molecule has 15 heavy (non-hydrogen) atoms. The lowest BCUT2D eigenvalue weighted by molar-refractivity contribution is 0.169. The lowest BCUT2D eigenvalue weighted by atomic mass is 9.88. The fourth-order valence-corrected chi connectivity index (χ4v) is 2.46. The summed E-state index contributed by atoms with van der Waals surface area (Å²) in [4.78, 5) is 2.47. The van der Waals surface area contributed by atoms with E-state index in [1.165, 1.54) is 38.6 Å². The Kier molecular flexibility index (Phi) is 5.71. The van der Waals surface area contributed by atoms with Gasteiger partial charge in [0.2, 0.25) is 0 Å². The molecule has 1 aliphatic carbocycles. The summed E-state index contributed by atoms with van der Waals surface area (Å²) in [5.41, 5.74) is 0. The first kappa shape index (κ1) is 12.5. The molecule has 0 aromatic carbocycles. The topological polar surface area (TPSA) is 27.0 Å². The molecule has 2 heteroatoms. The molecule has 1 rings (SSSR count). The van der Waals surface area contributed by atoms with Gasteiger partial charge in [-0.2, -0.15) is 5.26 Å². The van der Waals surface area contributed by atoms with Crippen molar-refractivity contribution < 1.29 is 0 Å². The normalized spacial score (nSPS) is 18.3. The minimum atomic E-state index is 0.584. The molecular weight excluding hydrogens is 184 g/mol. The highest BCUT2D eigenvalue weighted by molar-refractivity contribution is 4.77. The molecule has 0 heterocycles. The summed E-state index contributed by atoms with van der Waals surface area (Å²) < 4.78 is 0. The van der Waals surface area contributed by atoms with E-state index in [1.54, 1.807) is 0 Å². The zero-order valence-corrected chi connectivity index (χ0v) is 10.2. The molecule has 0 amide bonds. The van der Waals surface area contributed by atoms with Crippen LogP contribution < -0.4 is 0 Å². The Balaban J connectivity index is 2.32. The van der Waals surface area contributed by atoms with Gasteiger partial charge in [0.25, 0.3) is 0 Å². The average molecular weight is 208 g/mol. The first-order chi connectivity index (χ1) is 7.24. The first-order valence-corrected chi connectivity index (χ1v) is 6.35. The predicted molar refractivity (Wildman–Crippen MR) is 63.5 cm³/mol. The van der Waals surface area contributed by atoms with Gasteiger partial charge >= 0.3 is 0 Å². The molecule has 0 atom stereocenters. The van der Waals surface area contributed by atoms with E-state index in [9.17, 15) is 0 Å². The molecule has 0 unspecified atom stereocenters. The molecule has 2 nitrogen and oxygen atoms in total. The minimum absolute atomic E-state index is 0.584. The summed E-state index contributed by atoms with van der Waals surface area (Å²) in [6, 6.07) is 2.83. The van der Waals surface area contributed by atoms with Gasteiger partial charge in [-0.25, -0.2) is 0 Å². The summed E-state index contributed by atoms with van der Waals surface area (Å²) >= 11 is 0. The quantitative estimate of drug-likeness (QED) is 0.694. The summed E-state index contributed by atoms with van der Waals surface area (Å²) in [6.45, 7) is 6.63. The van der Waals surface area contributed by atoms with Gasteiger partial charge in [-0.1, -0.05) is 19.3 Å². The molecule has 0 N–H and O–H groups in total. The van der Waals surface area contributed by atoms with E-state index in [4.69, 9.17) is 5.26 Å². The van der Waals surface area contributed by atoms with Gasteiger partial charge < -0.3 is 0 Å². The van der Waals surface area contributed by atoms with Crippen LogP contribution in [0.4, 0.5) is 0 Å². The third kappa shape index (κ3) is 4.66. The van der Waals surface area contributed by atoms with Crippen LogP contribution in [0, 0.1) is 17.2 Å². The maximum atomic E-state index is 8.63. The third-order valence-electron chi connectivity index (χ3n) is 3.46. The van der Waals surface area contributed by atoms with Crippen molar-refractivity contribution in [3.8, 4) is 6.07 Å². The van der Waals surface area contributed by atoms with Crippen LogP contribution in [-0.2, 0) is 0 Å². The Bertz CT molecular complexity index is 199. The van der Waals surface area contributed by atoms with Gasteiger partial charge in [-0.15, -0.1) is 0 Å². The van der Waals surface area contributed by atoms with Gasteiger partial charge in [-0.3, -0.25) is 4.90 Å². The molecule has 0 saturated heterocycles. The van der Waals surface area contributed by atoms with E-state index in [0.717, 1.165) is 12.5 Å². The Hall–Kier alpha value is -0.550. The van der Waals surface area contributed by atoms with Gasteiger partial charge in [-0.05, 0) is 32.6 Å². The molecule has 0 spiro atoms. The number of hydrogen-bond acceptors (Lipinski definition) is 2. The Morgan fingerprint density at radius 2 is 1.93 bits per heavy atom. The second-order valence-electron chi connectivity index (χ2n) is 5.00. The van der Waals surface area contributed by atoms with Crippen molar-refractivity contribution in [1.29, 1.82) is 5.26 Å². The third-order valence-corrected chi connectivity index (χ3v) is 3.46. The van der Waals surface area contributed by atoms with Crippen molar-refractivity contribution in [2.24, 2.45) is 5.92 Å². The molecule has 0 radical (unpaired) electrons. The van der Waals surface area contributed by atoms with Crippen molar-refractivity contribution in [3.63, 3.8) is 0 Å². The van der Waals surface area contributed by atoms with Gasteiger partial charge in [0, 0.05) is 25.6 Å². The van der Waals surface area contributed by atoms with Crippen molar-refractivity contribution >= 4 is 0 Å². The molecule has 0 bridgehead atoms. The van der Waals surface area contributed by atoms with E-state index >= 15 is 0 Å². The molecule has 1 saturated carbocycles. The zero-order valence-electron chi connectivity index (χ0n) is 10.2. The highest BCUT2D eigenvalue weighted by Crippen LogP contribution is 2.24. The predicted octanol–water partition coefficient (Wildman–Crippen LogP) is 3.19. The van der Waals surface area contributed by atoms with Crippen LogP contribution in [0.15, 0.2) is 0 Å². The SMILES string of the molecule is CC(C)N(CCC#N)CC1CCCCC1. The molecule has 1 fully saturated rings. The van der Waals surface area contributed by atoms with E-state index in [2.05, 4.69) is 24.8 Å². The average Bonchev–Trinajstić information content (AvgIpc) is 2.25. The molecule has 86 valence electrons. The maximum Gasteiger partial charge on any atom is 0.0635 e. The Morgan fingerprint density at radius 3 is 2.47 bits per heavy atom. The second kappa shape index (κ2) is 6.85. The van der Waals surface area contributed by atoms with Gasteiger partial charge in [0.15, 0.2) is 0 Å². The Morgan fingerprint density at radius 1 is 1.27 bits per heavy atom. The summed E-state index contributed by atoms with van der Waals surface area (Å²) in [5.74, 6) is 0.889. The van der Waals surface area contributed by atoms with Crippen LogP contribution in [0.5, 0.6) is 0 Å². The standard InChI is InChI=1S/C13H24N2/c1-12(2)15(10-6-9-14)11-13-7-4-3-5-8-13/h12-13H,3-8,10-11H2,1-2H3. The molecular formula is C13H24N2. The lowest BCUT2D eigenvalue weighted by Crippen LogP contribution is -2.36. The summed E-state index contributed by atoms with van der Waals surface area (Å²) in [6.07, 6.45) is 7.72. The summed E-state index contributed by atoms with van der Waals surface area (Å²) in [7, 11) is 0. The van der Waals surface area contributed by atoms with Gasteiger partial charge in [0.05, 0.1) is 6.07 Å². The second-order valence-corrected chi connectivity index (χ2v) is 5.00. The van der Waals surface area contributed by atoms with E-state index < -0.39 is 0 Å². The largest absolute Gasteiger partial charge is 0.300 e. The summed E-state index contributed by atoms with van der Waals surface area (Å²) in [5, 5.41) is 8.63. The molecule has 0 aliphatic heterocycles. The number of hydrogen-bond donors (Lipinski definition) is 0. The van der Waals surface area contributed by atoms with E-state index in [0.29, 0.717) is 12.5 Å². The number of nitrogens with zero attached hydrogens (tertiary/aromatic N) is 2. The van der Waals surface area contributed by atoms with Crippen molar-refractivity contribution in [1.82, 2.24) is 4.90 Å². The fourth-order valence-electron chi connectivity index (χ4n) is 2.46. The zero-order chi connectivity index (χ0) is 11.1.